The van der Waals surface area contributed by atoms with Crippen molar-refractivity contribution in [3.8, 4) is 0 Å². The standard InChI is InChI=1S/C24H37N3O4S/c1-13(2)25-19(30)10-15-20-16(32-22(26-20)27-21(31)14-6-5-7-14)11-17-23(15,3)9-8-18(29)24(17,4)12-28/h13-15,17-18,28-29H,5-12H2,1-4H3,(H,25,30)(H,26,27,31)/t15-,17+,18+,23-,24-/m0/s1. The second-order valence-electron chi connectivity index (χ2n) is 10.9. The van der Waals surface area contributed by atoms with Gasteiger partial charge in [0.2, 0.25) is 11.8 Å². The average Bonchev–Trinajstić information content (AvgIpc) is 3.06. The maximum absolute atomic E-state index is 12.9. The van der Waals surface area contributed by atoms with Gasteiger partial charge in [0.15, 0.2) is 5.13 Å². The van der Waals surface area contributed by atoms with Gasteiger partial charge in [-0.05, 0) is 57.3 Å². The van der Waals surface area contributed by atoms with E-state index < -0.39 is 11.5 Å². The molecule has 178 valence electrons. The average molecular weight is 464 g/mol. The molecule has 5 atom stereocenters. The number of carbonyl (C=O) groups excluding carboxylic acids is 2. The Bertz CT molecular complexity index is 883. The minimum absolute atomic E-state index is 0.0114. The third-order valence-corrected chi connectivity index (χ3v) is 9.45. The van der Waals surface area contributed by atoms with E-state index in [0.717, 1.165) is 36.3 Å². The predicted molar refractivity (Wildman–Crippen MR) is 124 cm³/mol. The Labute approximate surface area is 194 Å². The molecule has 7 nitrogen and oxygen atoms in total. The second kappa shape index (κ2) is 8.69. The van der Waals surface area contributed by atoms with Crippen LogP contribution in [0.2, 0.25) is 0 Å². The van der Waals surface area contributed by atoms with Crippen molar-refractivity contribution in [3.63, 3.8) is 0 Å². The fraction of sp³-hybridized carbons (Fsp3) is 0.792. The first-order chi connectivity index (χ1) is 15.1. The molecule has 0 saturated heterocycles. The van der Waals surface area contributed by atoms with E-state index in [0.29, 0.717) is 24.4 Å². The van der Waals surface area contributed by atoms with Gasteiger partial charge >= 0.3 is 0 Å². The molecule has 4 N–H and O–H groups in total. The molecule has 2 amide bonds. The van der Waals surface area contributed by atoms with Crippen molar-refractivity contribution < 1.29 is 19.8 Å². The van der Waals surface area contributed by atoms with Gasteiger partial charge in [0.25, 0.3) is 0 Å². The summed E-state index contributed by atoms with van der Waals surface area (Å²) in [7, 11) is 0. The molecule has 0 radical (unpaired) electrons. The van der Waals surface area contributed by atoms with Crippen LogP contribution in [0.15, 0.2) is 0 Å². The van der Waals surface area contributed by atoms with Crippen molar-refractivity contribution >= 4 is 28.3 Å². The summed E-state index contributed by atoms with van der Waals surface area (Å²) >= 11 is 1.49. The largest absolute Gasteiger partial charge is 0.396 e. The Morgan fingerprint density at radius 2 is 1.97 bits per heavy atom. The molecule has 3 aliphatic rings. The summed E-state index contributed by atoms with van der Waals surface area (Å²) in [6, 6.07) is 0.0535. The summed E-state index contributed by atoms with van der Waals surface area (Å²) < 4.78 is 0. The first kappa shape index (κ1) is 23.6. The van der Waals surface area contributed by atoms with Gasteiger partial charge in [-0.2, -0.15) is 0 Å². The fourth-order valence-corrected chi connectivity index (χ4v) is 7.21. The van der Waals surface area contributed by atoms with Crippen molar-refractivity contribution in [2.24, 2.45) is 22.7 Å². The lowest BCUT2D eigenvalue weighted by molar-refractivity contribution is -0.144. The Morgan fingerprint density at radius 1 is 1.25 bits per heavy atom. The van der Waals surface area contributed by atoms with E-state index in [-0.39, 0.29) is 47.6 Å². The van der Waals surface area contributed by atoms with Crippen molar-refractivity contribution in [1.82, 2.24) is 10.3 Å². The van der Waals surface area contributed by atoms with Crippen molar-refractivity contribution in [3.05, 3.63) is 10.6 Å². The first-order valence-corrected chi connectivity index (χ1v) is 12.8. The Hall–Kier alpha value is -1.51. The van der Waals surface area contributed by atoms with Gasteiger partial charge < -0.3 is 20.8 Å². The number of amides is 2. The normalized spacial score (nSPS) is 34.4. The molecule has 0 aliphatic heterocycles. The van der Waals surface area contributed by atoms with Gasteiger partial charge in [0.05, 0.1) is 18.4 Å². The molecule has 2 fully saturated rings. The van der Waals surface area contributed by atoms with Crippen LogP contribution in [0.3, 0.4) is 0 Å². The molecule has 2 saturated carbocycles. The summed E-state index contributed by atoms with van der Waals surface area (Å²) in [5.74, 6) is -0.00224. The number of nitrogens with zero attached hydrogens (tertiary/aromatic N) is 1. The van der Waals surface area contributed by atoms with Gasteiger partial charge in [-0.15, -0.1) is 11.3 Å². The molecule has 0 aromatic carbocycles. The summed E-state index contributed by atoms with van der Waals surface area (Å²) in [4.78, 5) is 31.3. The highest BCUT2D eigenvalue weighted by Gasteiger charge is 2.59. The molecule has 0 bridgehead atoms. The number of aliphatic hydroxyl groups excluding tert-OH is 2. The van der Waals surface area contributed by atoms with E-state index in [1.54, 1.807) is 0 Å². The maximum Gasteiger partial charge on any atom is 0.229 e. The SMILES string of the molecule is CC(C)NC(=O)C[C@H]1c2nc(NC(=O)C3CCC3)sc2C[C@H]2[C@](C)(CO)[C@H](O)CC[C@]21C. The number of carbonyl (C=O) groups is 2. The Morgan fingerprint density at radius 3 is 2.56 bits per heavy atom. The van der Waals surface area contributed by atoms with Gasteiger partial charge in [0.1, 0.15) is 0 Å². The minimum atomic E-state index is -0.642. The third-order valence-electron chi connectivity index (χ3n) is 8.44. The van der Waals surface area contributed by atoms with Crippen LogP contribution in [0, 0.1) is 22.7 Å². The van der Waals surface area contributed by atoms with E-state index >= 15 is 0 Å². The Kier molecular flexibility index (Phi) is 6.42. The monoisotopic (exact) mass is 463 g/mol. The Balaban J connectivity index is 1.70. The van der Waals surface area contributed by atoms with E-state index in [2.05, 4.69) is 17.6 Å². The lowest BCUT2D eigenvalue weighted by Crippen LogP contribution is -2.57. The van der Waals surface area contributed by atoms with Crippen LogP contribution in [0.1, 0.15) is 82.7 Å². The molecule has 1 aromatic rings. The van der Waals surface area contributed by atoms with E-state index in [1.165, 1.54) is 11.3 Å². The summed E-state index contributed by atoms with van der Waals surface area (Å²) in [5.41, 5.74) is -0.00809. The molecule has 32 heavy (non-hydrogen) atoms. The zero-order chi connectivity index (χ0) is 23.3. The maximum atomic E-state index is 12.9. The highest BCUT2D eigenvalue weighted by Crippen LogP contribution is 2.62. The highest BCUT2D eigenvalue weighted by molar-refractivity contribution is 7.15. The highest BCUT2D eigenvalue weighted by atomic mass is 32.1. The lowest BCUT2D eigenvalue weighted by atomic mass is 9.47. The number of aliphatic hydroxyl groups is 2. The molecule has 4 rings (SSSR count). The molecule has 3 aliphatic carbocycles. The number of hydrogen-bond acceptors (Lipinski definition) is 6. The molecule has 0 unspecified atom stereocenters. The van der Waals surface area contributed by atoms with Crippen LogP contribution in [0.5, 0.6) is 0 Å². The van der Waals surface area contributed by atoms with Crippen LogP contribution >= 0.6 is 11.3 Å². The van der Waals surface area contributed by atoms with Crippen LogP contribution in [-0.4, -0.2) is 45.8 Å². The topological polar surface area (TPSA) is 112 Å². The third kappa shape index (κ3) is 3.99. The molecule has 8 heteroatoms. The van der Waals surface area contributed by atoms with Gasteiger partial charge in [0, 0.05) is 34.6 Å². The van der Waals surface area contributed by atoms with Crippen molar-refractivity contribution in [2.75, 3.05) is 11.9 Å². The number of aromatic nitrogens is 1. The zero-order valence-corrected chi connectivity index (χ0v) is 20.4. The summed E-state index contributed by atoms with van der Waals surface area (Å²) in [5, 5.41) is 27.8. The van der Waals surface area contributed by atoms with Gasteiger partial charge in [-0.3, -0.25) is 9.59 Å². The number of fused-ring (bicyclic) bond motifs is 2. The van der Waals surface area contributed by atoms with Crippen molar-refractivity contribution in [1.29, 1.82) is 0 Å². The fourth-order valence-electron chi connectivity index (χ4n) is 6.14. The van der Waals surface area contributed by atoms with Crippen LogP contribution in [-0.2, 0) is 16.0 Å². The molecule has 1 heterocycles. The van der Waals surface area contributed by atoms with Crippen LogP contribution in [0.4, 0.5) is 5.13 Å². The number of hydrogen-bond donors (Lipinski definition) is 4. The number of thiazole rings is 1. The number of anilines is 1. The van der Waals surface area contributed by atoms with Crippen molar-refractivity contribution in [2.45, 2.75) is 90.7 Å². The second-order valence-corrected chi connectivity index (χ2v) is 12.0. The first-order valence-electron chi connectivity index (χ1n) is 12.0. The summed E-state index contributed by atoms with van der Waals surface area (Å²) in [6.45, 7) is 7.96. The van der Waals surface area contributed by atoms with E-state index in [9.17, 15) is 19.8 Å². The van der Waals surface area contributed by atoms with E-state index in [4.69, 9.17) is 4.98 Å². The smallest absolute Gasteiger partial charge is 0.229 e. The molecule has 0 spiro atoms. The molecule has 1 aromatic heterocycles. The molecular formula is C24H37N3O4S. The summed E-state index contributed by atoms with van der Waals surface area (Å²) in [6.07, 6.45) is 4.76. The zero-order valence-electron chi connectivity index (χ0n) is 19.6. The number of nitrogens with one attached hydrogen (secondary N) is 2. The number of rotatable bonds is 6. The quantitative estimate of drug-likeness (QED) is 0.518. The van der Waals surface area contributed by atoms with Gasteiger partial charge in [-0.25, -0.2) is 4.98 Å². The van der Waals surface area contributed by atoms with E-state index in [1.807, 2.05) is 20.8 Å². The minimum Gasteiger partial charge on any atom is -0.396 e. The lowest BCUT2D eigenvalue weighted by Gasteiger charge is -2.58. The van der Waals surface area contributed by atoms with Gasteiger partial charge in [-0.1, -0.05) is 20.3 Å². The molecular weight excluding hydrogens is 426 g/mol. The van der Waals surface area contributed by atoms with Crippen LogP contribution < -0.4 is 10.6 Å². The predicted octanol–water partition coefficient (Wildman–Crippen LogP) is 3.21. The van der Waals surface area contributed by atoms with Crippen LogP contribution in [0.25, 0.3) is 0 Å².